The molecule has 2 aromatic rings. The number of rotatable bonds is 5. The fraction of sp³-hybridized carbons (Fsp3) is 0.375. The summed E-state index contributed by atoms with van der Waals surface area (Å²) in [5, 5.41) is 2.94. The predicted molar refractivity (Wildman–Crippen MR) is 118 cm³/mol. The lowest BCUT2D eigenvalue weighted by Crippen LogP contribution is -2.32. The van der Waals surface area contributed by atoms with E-state index in [1.807, 2.05) is 30.3 Å². The van der Waals surface area contributed by atoms with E-state index in [1.165, 1.54) is 0 Å². The van der Waals surface area contributed by atoms with Gasteiger partial charge in [-0.15, -0.1) is 0 Å². The first-order chi connectivity index (χ1) is 15.6. The van der Waals surface area contributed by atoms with Crippen molar-refractivity contribution in [3.8, 4) is 11.5 Å². The molecule has 8 heteroatoms. The highest BCUT2D eigenvalue weighted by Crippen LogP contribution is 2.36. The second-order valence-electron chi connectivity index (χ2n) is 8.27. The zero-order valence-electron chi connectivity index (χ0n) is 17.7. The van der Waals surface area contributed by atoms with Crippen molar-refractivity contribution in [1.29, 1.82) is 0 Å². The molecule has 0 radical (unpaired) electrons. The molecule has 1 atom stereocenters. The van der Waals surface area contributed by atoms with Gasteiger partial charge in [0.05, 0.1) is 5.92 Å². The molecule has 3 heterocycles. The molecule has 1 N–H and O–H groups in total. The minimum Gasteiger partial charge on any atom is -0.486 e. The molecule has 166 valence electrons. The topological polar surface area (TPSA) is 88.2 Å². The average molecular weight is 435 g/mol. The Bertz CT molecular complexity index is 1050. The predicted octanol–water partition coefficient (Wildman–Crippen LogP) is 2.25. The lowest BCUT2D eigenvalue weighted by Gasteiger charge is -2.22. The maximum Gasteiger partial charge on any atom is 0.227 e. The van der Waals surface area contributed by atoms with E-state index in [2.05, 4.69) is 5.32 Å². The van der Waals surface area contributed by atoms with Crippen molar-refractivity contribution in [2.45, 2.75) is 25.8 Å². The van der Waals surface area contributed by atoms with Crippen LogP contribution in [0.4, 0.5) is 11.4 Å². The number of nitrogens with zero attached hydrogens (tertiary/aromatic N) is 2. The smallest absolute Gasteiger partial charge is 0.227 e. The average Bonchev–Trinajstić information content (AvgIpc) is 3.43. The van der Waals surface area contributed by atoms with E-state index in [4.69, 9.17) is 9.47 Å². The van der Waals surface area contributed by atoms with Crippen LogP contribution in [0.2, 0.25) is 0 Å². The van der Waals surface area contributed by atoms with Gasteiger partial charge in [0, 0.05) is 49.9 Å². The number of ether oxygens (including phenoxy) is 2. The Labute approximate surface area is 186 Å². The molecule has 3 aliphatic heterocycles. The molecule has 0 aromatic heterocycles. The van der Waals surface area contributed by atoms with Gasteiger partial charge in [-0.05, 0) is 36.2 Å². The second kappa shape index (κ2) is 8.53. The van der Waals surface area contributed by atoms with E-state index in [1.54, 1.807) is 21.9 Å². The van der Waals surface area contributed by atoms with Crippen LogP contribution >= 0.6 is 0 Å². The van der Waals surface area contributed by atoms with Gasteiger partial charge in [0.1, 0.15) is 13.2 Å². The van der Waals surface area contributed by atoms with Crippen molar-refractivity contribution in [3.63, 3.8) is 0 Å². The number of fused-ring (bicyclic) bond motifs is 1. The number of nitrogens with one attached hydrogen (secondary N) is 1. The van der Waals surface area contributed by atoms with Gasteiger partial charge in [-0.2, -0.15) is 0 Å². The SMILES string of the molecule is O=C(NCc1ccc(N2CCCC2=O)cc1)[C@@H]1CC(=O)N(c2ccc3c(c2)OCCO3)C1. The molecule has 0 saturated carbocycles. The number of benzene rings is 2. The van der Waals surface area contributed by atoms with Crippen molar-refractivity contribution in [3.05, 3.63) is 48.0 Å². The molecule has 2 aromatic carbocycles. The van der Waals surface area contributed by atoms with E-state index < -0.39 is 5.92 Å². The lowest BCUT2D eigenvalue weighted by molar-refractivity contribution is -0.126. The van der Waals surface area contributed by atoms with Crippen LogP contribution in [0.25, 0.3) is 0 Å². The highest BCUT2D eigenvalue weighted by atomic mass is 16.6. The summed E-state index contributed by atoms with van der Waals surface area (Å²) in [6, 6.07) is 13.1. The standard InChI is InChI=1S/C24H25N3O5/c28-22-2-1-9-26(22)18-5-3-16(4-6-18)14-25-24(30)17-12-23(29)27(15-17)19-7-8-20-21(13-19)32-11-10-31-20/h3-8,13,17H,1-2,9-12,14-15H2,(H,25,30)/t17-/m1/s1. The Balaban J connectivity index is 1.18. The molecular formula is C24H25N3O5. The zero-order valence-corrected chi connectivity index (χ0v) is 17.7. The first-order valence-electron chi connectivity index (χ1n) is 11.0. The van der Waals surface area contributed by atoms with Gasteiger partial charge >= 0.3 is 0 Å². The minimum absolute atomic E-state index is 0.0820. The van der Waals surface area contributed by atoms with E-state index in [0.717, 1.165) is 24.2 Å². The molecule has 0 bridgehead atoms. The normalized spacial score (nSPS) is 20.1. The van der Waals surface area contributed by atoms with Gasteiger partial charge in [-0.1, -0.05) is 12.1 Å². The number of carbonyl (C=O) groups excluding carboxylic acids is 3. The molecule has 5 rings (SSSR count). The number of amides is 3. The van der Waals surface area contributed by atoms with E-state index in [9.17, 15) is 14.4 Å². The number of anilines is 2. The number of hydrogen-bond acceptors (Lipinski definition) is 5. The minimum atomic E-state index is -0.405. The molecule has 3 amide bonds. The van der Waals surface area contributed by atoms with Crippen LogP contribution in [-0.2, 0) is 20.9 Å². The number of carbonyl (C=O) groups is 3. The van der Waals surface area contributed by atoms with Crippen molar-refractivity contribution < 1.29 is 23.9 Å². The first kappa shape index (κ1) is 20.4. The van der Waals surface area contributed by atoms with Crippen LogP contribution in [0.1, 0.15) is 24.8 Å². The monoisotopic (exact) mass is 435 g/mol. The Hall–Kier alpha value is -3.55. The lowest BCUT2D eigenvalue weighted by atomic mass is 10.1. The molecule has 32 heavy (non-hydrogen) atoms. The fourth-order valence-corrected chi connectivity index (χ4v) is 4.38. The van der Waals surface area contributed by atoms with E-state index in [0.29, 0.717) is 49.9 Å². The maximum atomic E-state index is 12.7. The Morgan fingerprint density at radius 3 is 2.44 bits per heavy atom. The summed E-state index contributed by atoms with van der Waals surface area (Å²) < 4.78 is 11.1. The van der Waals surface area contributed by atoms with Gasteiger partial charge in [-0.3, -0.25) is 14.4 Å². The Kier molecular flexibility index (Phi) is 5.43. The molecule has 2 fully saturated rings. The summed E-state index contributed by atoms with van der Waals surface area (Å²) in [6.45, 7) is 2.45. The zero-order chi connectivity index (χ0) is 22.1. The van der Waals surface area contributed by atoms with Crippen LogP contribution < -0.4 is 24.6 Å². The van der Waals surface area contributed by atoms with Crippen LogP contribution in [0.5, 0.6) is 11.5 Å². The van der Waals surface area contributed by atoms with Crippen molar-refractivity contribution in [2.75, 3.05) is 36.1 Å². The molecule has 2 saturated heterocycles. The first-order valence-corrected chi connectivity index (χ1v) is 11.0. The Morgan fingerprint density at radius 1 is 0.938 bits per heavy atom. The van der Waals surface area contributed by atoms with Crippen molar-refractivity contribution >= 4 is 29.1 Å². The second-order valence-corrected chi connectivity index (χ2v) is 8.27. The summed E-state index contributed by atoms with van der Waals surface area (Å²) in [6.07, 6.45) is 1.66. The van der Waals surface area contributed by atoms with E-state index in [-0.39, 0.29) is 24.1 Å². The van der Waals surface area contributed by atoms with Gasteiger partial charge < -0.3 is 24.6 Å². The highest BCUT2D eigenvalue weighted by Gasteiger charge is 2.35. The third kappa shape index (κ3) is 4.00. The molecule has 0 spiro atoms. The molecular weight excluding hydrogens is 410 g/mol. The summed E-state index contributed by atoms with van der Waals surface area (Å²) in [5.41, 5.74) is 2.54. The Morgan fingerprint density at radius 2 is 1.69 bits per heavy atom. The third-order valence-electron chi connectivity index (χ3n) is 6.12. The quantitative estimate of drug-likeness (QED) is 0.778. The highest BCUT2D eigenvalue weighted by molar-refractivity contribution is 6.00. The molecule has 0 unspecified atom stereocenters. The van der Waals surface area contributed by atoms with Gasteiger partial charge in [-0.25, -0.2) is 0 Å². The van der Waals surface area contributed by atoms with Gasteiger partial charge in [0.2, 0.25) is 17.7 Å². The molecule has 8 nitrogen and oxygen atoms in total. The van der Waals surface area contributed by atoms with E-state index >= 15 is 0 Å². The largest absolute Gasteiger partial charge is 0.486 e. The fourth-order valence-electron chi connectivity index (χ4n) is 4.38. The number of hydrogen-bond donors (Lipinski definition) is 1. The van der Waals surface area contributed by atoms with Crippen LogP contribution in [0.3, 0.4) is 0 Å². The van der Waals surface area contributed by atoms with Gasteiger partial charge in [0.15, 0.2) is 11.5 Å². The maximum absolute atomic E-state index is 12.7. The van der Waals surface area contributed by atoms with Crippen LogP contribution in [0.15, 0.2) is 42.5 Å². The van der Waals surface area contributed by atoms with Crippen molar-refractivity contribution in [1.82, 2.24) is 5.32 Å². The summed E-state index contributed by atoms with van der Waals surface area (Å²) in [5.74, 6) is 0.810. The van der Waals surface area contributed by atoms with Crippen molar-refractivity contribution in [2.24, 2.45) is 5.92 Å². The van der Waals surface area contributed by atoms with Crippen LogP contribution in [0, 0.1) is 5.92 Å². The summed E-state index contributed by atoms with van der Waals surface area (Å²) >= 11 is 0. The summed E-state index contributed by atoms with van der Waals surface area (Å²) in [7, 11) is 0. The van der Waals surface area contributed by atoms with Gasteiger partial charge in [0.25, 0.3) is 0 Å². The molecule has 3 aliphatic rings. The molecule has 0 aliphatic carbocycles. The van der Waals surface area contributed by atoms with Crippen LogP contribution in [-0.4, -0.2) is 44.0 Å². The third-order valence-corrected chi connectivity index (χ3v) is 6.12. The summed E-state index contributed by atoms with van der Waals surface area (Å²) in [4.78, 5) is 40.6.